The molecule has 0 aliphatic carbocycles. The predicted octanol–water partition coefficient (Wildman–Crippen LogP) is 2.16. The molecule has 3 rings (SSSR count). The summed E-state index contributed by atoms with van der Waals surface area (Å²) < 4.78 is 1.82. The molecule has 7 heteroatoms. The second kappa shape index (κ2) is 4.86. The highest BCUT2D eigenvalue weighted by Gasteiger charge is 2.11. The van der Waals surface area contributed by atoms with Crippen LogP contribution >= 0.6 is 11.8 Å². The van der Waals surface area contributed by atoms with Gasteiger partial charge in [-0.2, -0.15) is 0 Å². The van der Waals surface area contributed by atoms with Crippen LogP contribution in [-0.2, 0) is 0 Å². The van der Waals surface area contributed by atoms with Crippen LogP contribution in [0.3, 0.4) is 0 Å². The van der Waals surface area contributed by atoms with Gasteiger partial charge in [0.2, 0.25) is 5.16 Å². The van der Waals surface area contributed by atoms with Crippen molar-refractivity contribution in [2.75, 3.05) is 5.73 Å². The van der Waals surface area contributed by atoms with Crippen LogP contribution < -0.4 is 5.73 Å². The molecule has 0 unspecified atom stereocenters. The van der Waals surface area contributed by atoms with Crippen molar-refractivity contribution in [3.63, 3.8) is 0 Å². The van der Waals surface area contributed by atoms with Crippen LogP contribution in [0.5, 0.6) is 0 Å². The normalized spacial score (nSPS) is 10.8. The number of hydrogen-bond acceptors (Lipinski definition) is 5. The molecule has 6 nitrogen and oxygen atoms in total. The van der Waals surface area contributed by atoms with Crippen molar-refractivity contribution < 1.29 is 9.90 Å². The maximum absolute atomic E-state index is 11.0. The molecule has 0 bridgehead atoms. The summed E-state index contributed by atoms with van der Waals surface area (Å²) in [6.07, 6.45) is 1.84. The summed E-state index contributed by atoms with van der Waals surface area (Å²) >= 11 is 1.28. The van der Waals surface area contributed by atoms with Crippen LogP contribution in [-0.4, -0.2) is 25.7 Å². The Balaban J connectivity index is 2.02. The number of fused-ring (bicyclic) bond motifs is 1. The van der Waals surface area contributed by atoms with Crippen molar-refractivity contribution in [3.05, 3.63) is 48.2 Å². The quantitative estimate of drug-likeness (QED) is 0.717. The maximum atomic E-state index is 11.0. The fourth-order valence-corrected chi connectivity index (χ4v) is 2.65. The molecular weight excluding hydrogens is 276 g/mol. The summed E-state index contributed by atoms with van der Waals surface area (Å²) in [5.74, 6) is -0.988. The van der Waals surface area contributed by atoms with E-state index in [0.717, 1.165) is 5.65 Å². The van der Waals surface area contributed by atoms with Gasteiger partial charge >= 0.3 is 5.97 Å². The number of rotatable bonds is 3. The second-order valence-electron chi connectivity index (χ2n) is 4.07. The van der Waals surface area contributed by atoms with Crippen molar-refractivity contribution in [3.8, 4) is 0 Å². The molecule has 3 N–H and O–H groups in total. The number of hydrogen-bond donors (Lipinski definition) is 2. The minimum Gasteiger partial charge on any atom is -0.478 e. The highest BCUT2D eigenvalue weighted by molar-refractivity contribution is 7.99. The monoisotopic (exact) mass is 286 g/mol. The molecule has 2 heterocycles. The van der Waals surface area contributed by atoms with Crippen LogP contribution in [0.2, 0.25) is 0 Å². The maximum Gasteiger partial charge on any atom is 0.335 e. The van der Waals surface area contributed by atoms with E-state index < -0.39 is 5.97 Å². The lowest BCUT2D eigenvalue weighted by Crippen LogP contribution is -1.98. The van der Waals surface area contributed by atoms with E-state index in [2.05, 4.69) is 10.2 Å². The van der Waals surface area contributed by atoms with Crippen molar-refractivity contribution in [1.29, 1.82) is 0 Å². The largest absolute Gasteiger partial charge is 0.478 e. The molecule has 1 aromatic carbocycles. The number of carboxylic acids is 1. The zero-order valence-corrected chi connectivity index (χ0v) is 11.0. The first-order valence-electron chi connectivity index (χ1n) is 5.75. The highest BCUT2D eigenvalue weighted by Crippen LogP contribution is 2.31. The molecule has 0 saturated carbocycles. The second-order valence-corrected chi connectivity index (χ2v) is 5.08. The molecule has 0 amide bonds. The van der Waals surface area contributed by atoms with Crippen molar-refractivity contribution in [2.45, 2.75) is 10.1 Å². The van der Waals surface area contributed by atoms with Gasteiger partial charge in [0.25, 0.3) is 0 Å². The first kappa shape index (κ1) is 12.5. The standard InChI is InChI=1S/C13H10N4O2S/c14-9-5-4-8(12(18)19)7-10(9)20-13-16-15-11-3-1-2-6-17(11)13/h1-7H,14H2,(H,18,19). The predicted molar refractivity (Wildman–Crippen MR) is 74.9 cm³/mol. The molecule has 0 atom stereocenters. The van der Waals surface area contributed by atoms with Crippen LogP contribution in [0.15, 0.2) is 52.6 Å². The van der Waals surface area contributed by atoms with E-state index in [1.54, 1.807) is 6.07 Å². The van der Waals surface area contributed by atoms with Gasteiger partial charge in [-0.05, 0) is 42.1 Å². The van der Waals surface area contributed by atoms with Gasteiger partial charge < -0.3 is 10.8 Å². The van der Waals surface area contributed by atoms with E-state index in [1.807, 2.05) is 28.8 Å². The van der Waals surface area contributed by atoms with Gasteiger partial charge in [-0.1, -0.05) is 6.07 Å². The average Bonchev–Trinajstić information content (AvgIpc) is 2.84. The molecule has 0 radical (unpaired) electrons. The van der Waals surface area contributed by atoms with E-state index >= 15 is 0 Å². The average molecular weight is 286 g/mol. The molecule has 0 aliphatic rings. The third-order valence-corrected chi connectivity index (χ3v) is 3.78. The topological polar surface area (TPSA) is 93.5 Å². The summed E-state index contributed by atoms with van der Waals surface area (Å²) in [5.41, 5.74) is 7.30. The number of pyridine rings is 1. The SMILES string of the molecule is Nc1ccc(C(=O)O)cc1Sc1nnc2ccccn12. The minimum atomic E-state index is -0.988. The summed E-state index contributed by atoms with van der Waals surface area (Å²) in [5, 5.41) is 17.8. The molecule has 100 valence electrons. The number of benzene rings is 1. The van der Waals surface area contributed by atoms with Crippen LogP contribution in [0, 0.1) is 0 Å². The zero-order chi connectivity index (χ0) is 14.1. The number of aromatic carboxylic acids is 1. The number of carbonyl (C=O) groups is 1. The Morgan fingerprint density at radius 2 is 2.10 bits per heavy atom. The first-order chi connectivity index (χ1) is 9.65. The van der Waals surface area contributed by atoms with Crippen molar-refractivity contribution >= 4 is 29.1 Å². The fraction of sp³-hybridized carbons (Fsp3) is 0. The lowest BCUT2D eigenvalue weighted by molar-refractivity contribution is 0.0696. The third kappa shape index (κ3) is 2.19. The lowest BCUT2D eigenvalue weighted by atomic mass is 10.2. The molecule has 3 aromatic rings. The molecular formula is C13H10N4O2S. The number of nitrogen functional groups attached to an aromatic ring is 1. The number of anilines is 1. The van der Waals surface area contributed by atoms with Gasteiger partial charge in [0.15, 0.2) is 5.65 Å². The Morgan fingerprint density at radius 1 is 1.25 bits per heavy atom. The fourth-order valence-electron chi connectivity index (χ4n) is 1.74. The van der Waals surface area contributed by atoms with Crippen molar-refractivity contribution in [1.82, 2.24) is 14.6 Å². The number of carboxylic acid groups (broad SMARTS) is 1. The number of nitrogens with two attached hydrogens (primary N) is 1. The molecule has 20 heavy (non-hydrogen) atoms. The Kier molecular flexibility index (Phi) is 3.03. The Hall–Kier alpha value is -2.54. The van der Waals surface area contributed by atoms with Gasteiger partial charge in [-0.15, -0.1) is 10.2 Å². The highest BCUT2D eigenvalue weighted by atomic mass is 32.2. The summed E-state index contributed by atoms with van der Waals surface area (Å²) in [6, 6.07) is 10.2. The van der Waals surface area contributed by atoms with Gasteiger partial charge in [0, 0.05) is 16.8 Å². The van der Waals surface area contributed by atoms with Gasteiger partial charge in [0.1, 0.15) is 0 Å². The van der Waals surface area contributed by atoms with E-state index in [9.17, 15) is 4.79 Å². The lowest BCUT2D eigenvalue weighted by Gasteiger charge is -2.05. The Morgan fingerprint density at radius 3 is 2.90 bits per heavy atom. The smallest absolute Gasteiger partial charge is 0.335 e. The van der Waals surface area contributed by atoms with Gasteiger partial charge in [-0.3, -0.25) is 4.40 Å². The molecule has 2 aromatic heterocycles. The van der Waals surface area contributed by atoms with E-state index in [4.69, 9.17) is 10.8 Å². The summed E-state index contributed by atoms with van der Waals surface area (Å²) in [4.78, 5) is 11.6. The minimum absolute atomic E-state index is 0.190. The molecule has 0 aliphatic heterocycles. The Labute approximate surface area is 118 Å². The van der Waals surface area contributed by atoms with E-state index in [0.29, 0.717) is 15.7 Å². The van der Waals surface area contributed by atoms with Crippen LogP contribution in [0.1, 0.15) is 10.4 Å². The van der Waals surface area contributed by atoms with Gasteiger partial charge in [0.05, 0.1) is 5.56 Å². The van der Waals surface area contributed by atoms with Gasteiger partial charge in [-0.25, -0.2) is 4.79 Å². The zero-order valence-electron chi connectivity index (χ0n) is 10.2. The van der Waals surface area contributed by atoms with E-state index in [1.165, 1.54) is 23.9 Å². The Bertz CT molecular complexity index is 800. The van der Waals surface area contributed by atoms with Crippen LogP contribution in [0.25, 0.3) is 5.65 Å². The molecule has 0 spiro atoms. The summed E-state index contributed by atoms with van der Waals surface area (Å²) in [6.45, 7) is 0. The van der Waals surface area contributed by atoms with Crippen LogP contribution in [0.4, 0.5) is 5.69 Å². The van der Waals surface area contributed by atoms with Crippen molar-refractivity contribution in [2.24, 2.45) is 0 Å². The molecule has 0 saturated heterocycles. The van der Waals surface area contributed by atoms with E-state index in [-0.39, 0.29) is 5.56 Å². The number of aromatic nitrogens is 3. The number of nitrogens with zero attached hydrogens (tertiary/aromatic N) is 3. The third-order valence-electron chi connectivity index (χ3n) is 2.74. The summed E-state index contributed by atoms with van der Waals surface area (Å²) in [7, 11) is 0. The first-order valence-corrected chi connectivity index (χ1v) is 6.57. The molecule has 0 fully saturated rings.